The monoisotopic (exact) mass is 199 g/mol. The minimum atomic E-state index is -0.584. The van der Waals surface area contributed by atoms with E-state index < -0.39 is 5.97 Å². The lowest BCUT2D eigenvalue weighted by atomic mass is 10.3. The predicted octanol–water partition coefficient (Wildman–Crippen LogP) is 1.33. The topological polar surface area (TPSA) is 56.3 Å². The Morgan fingerprint density at radius 1 is 1.62 bits per heavy atom. The third-order valence-electron chi connectivity index (χ3n) is 1.40. The van der Waals surface area contributed by atoms with Crippen LogP contribution in [0.25, 0.3) is 0 Å². The Balaban J connectivity index is 3.09. The Bertz CT molecular complexity index is 351. The second-order valence-corrected chi connectivity index (χ2v) is 2.54. The second-order valence-electron chi connectivity index (χ2n) is 2.19. The van der Waals surface area contributed by atoms with Gasteiger partial charge < -0.3 is 4.74 Å². The van der Waals surface area contributed by atoms with E-state index in [0.29, 0.717) is 6.29 Å². The standard InChI is InChI=1S/C8H6ClNO3/c1-13-8(12)6-3-2-5(4-11)7(9)10-6/h2-4H,1H3. The van der Waals surface area contributed by atoms with Crippen LogP contribution in [0, 0.1) is 0 Å². The highest BCUT2D eigenvalue weighted by Gasteiger charge is 2.09. The van der Waals surface area contributed by atoms with Gasteiger partial charge in [0.05, 0.1) is 12.7 Å². The molecule has 1 aromatic rings. The predicted molar refractivity (Wildman–Crippen MR) is 46.0 cm³/mol. The summed E-state index contributed by atoms with van der Waals surface area (Å²) in [5.41, 5.74) is 0.326. The fourth-order valence-corrected chi connectivity index (χ4v) is 0.950. The normalized spacial score (nSPS) is 9.38. The van der Waals surface area contributed by atoms with Crippen molar-refractivity contribution in [2.45, 2.75) is 0 Å². The third kappa shape index (κ3) is 2.03. The molecule has 1 aromatic heterocycles. The number of carbonyl (C=O) groups excluding carboxylic acids is 2. The van der Waals surface area contributed by atoms with E-state index in [1.54, 1.807) is 0 Å². The minimum absolute atomic E-state index is 0.00194. The zero-order valence-corrected chi connectivity index (χ0v) is 7.54. The highest BCUT2D eigenvalue weighted by atomic mass is 35.5. The van der Waals surface area contributed by atoms with Crippen molar-refractivity contribution in [1.82, 2.24) is 4.98 Å². The van der Waals surface area contributed by atoms with Crippen molar-refractivity contribution in [2.75, 3.05) is 7.11 Å². The number of hydrogen-bond donors (Lipinski definition) is 0. The molecule has 0 N–H and O–H groups in total. The largest absolute Gasteiger partial charge is 0.464 e. The number of aldehydes is 1. The highest BCUT2D eigenvalue weighted by Crippen LogP contribution is 2.11. The Morgan fingerprint density at radius 3 is 2.77 bits per heavy atom. The number of ether oxygens (including phenoxy) is 1. The van der Waals surface area contributed by atoms with E-state index in [1.165, 1.54) is 19.2 Å². The van der Waals surface area contributed by atoms with E-state index in [4.69, 9.17) is 11.6 Å². The molecule has 1 rings (SSSR count). The van der Waals surface area contributed by atoms with Crippen molar-refractivity contribution in [3.05, 3.63) is 28.5 Å². The van der Waals surface area contributed by atoms with Crippen LogP contribution in [0.1, 0.15) is 20.8 Å². The number of halogens is 1. The summed E-state index contributed by atoms with van der Waals surface area (Å²) in [5, 5.41) is -0.00194. The number of carbonyl (C=O) groups is 2. The lowest BCUT2D eigenvalue weighted by Crippen LogP contribution is -2.04. The van der Waals surface area contributed by atoms with Crippen LogP contribution in [0.4, 0.5) is 0 Å². The first-order valence-corrected chi connectivity index (χ1v) is 3.77. The average molecular weight is 200 g/mol. The van der Waals surface area contributed by atoms with Crippen LogP contribution in [0.15, 0.2) is 12.1 Å². The lowest BCUT2D eigenvalue weighted by molar-refractivity contribution is 0.0594. The van der Waals surface area contributed by atoms with Crippen LogP contribution in [-0.4, -0.2) is 24.3 Å². The minimum Gasteiger partial charge on any atom is -0.464 e. The Labute approximate surface area is 79.5 Å². The Hall–Kier alpha value is -1.42. The number of esters is 1. The highest BCUT2D eigenvalue weighted by molar-refractivity contribution is 6.31. The summed E-state index contributed by atoms with van der Waals surface area (Å²) < 4.78 is 4.42. The zero-order valence-electron chi connectivity index (χ0n) is 6.78. The van der Waals surface area contributed by atoms with Gasteiger partial charge in [0.2, 0.25) is 0 Å². The number of pyridine rings is 1. The van der Waals surface area contributed by atoms with Crippen LogP contribution < -0.4 is 0 Å². The van der Waals surface area contributed by atoms with E-state index in [1.807, 2.05) is 0 Å². The summed E-state index contributed by atoms with van der Waals surface area (Å²) in [4.78, 5) is 24.9. The maximum Gasteiger partial charge on any atom is 0.356 e. The smallest absolute Gasteiger partial charge is 0.356 e. The molecule has 0 unspecified atom stereocenters. The van der Waals surface area contributed by atoms with Crippen LogP contribution in [0.5, 0.6) is 0 Å². The molecule has 13 heavy (non-hydrogen) atoms. The van der Waals surface area contributed by atoms with Gasteiger partial charge in [0.15, 0.2) is 6.29 Å². The summed E-state index contributed by atoms with van der Waals surface area (Å²) in [6.45, 7) is 0. The molecule has 0 saturated heterocycles. The molecule has 0 amide bonds. The molecular formula is C8H6ClNO3. The van der Waals surface area contributed by atoms with E-state index in [0.717, 1.165) is 0 Å². The summed E-state index contributed by atoms with van der Waals surface area (Å²) in [7, 11) is 1.24. The molecule has 0 fully saturated rings. The van der Waals surface area contributed by atoms with Crippen LogP contribution in [0.2, 0.25) is 5.15 Å². The molecule has 0 radical (unpaired) electrons. The number of methoxy groups -OCH3 is 1. The zero-order chi connectivity index (χ0) is 9.84. The van der Waals surface area contributed by atoms with Gasteiger partial charge in [0, 0.05) is 0 Å². The Morgan fingerprint density at radius 2 is 2.31 bits per heavy atom. The van der Waals surface area contributed by atoms with Crippen molar-refractivity contribution < 1.29 is 14.3 Å². The Kier molecular flexibility index (Phi) is 2.97. The lowest BCUT2D eigenvalue weighted by Gasteiger charge is -1.99. The summed E-state index contributed by atoms with van der Waals surface area (Å²) in [5.74, 6) is -0.584. The van der Waals surface area contributed by atoms with Crippen molar-refractivity contribution in [2.24, 2.45) is 0 Å². The van der Waals surface area contributed by atoms with Crippen molar-refractivity contribution in [3.63, 3.8) is 0 Å². The van der Waals surface area contributed by atoms with Gasteiger partial charge in [-0.25, -0.2) is 9.78 Å². The first-order chi connectivity index (χ1) is 6.19. The fraction of sp³-hybridized carbons (Fsp3) is 0.125. The first kappa shape index (κ1) is 9.67. The molecule has 0 aliphatic heterocycles. The van der Waals surface area contributed by atoms with Gasteiger partial charge in [-0.2, -0.15) is 0 Å². The van der Waals surface area contributed by atoms with Crippen LogP contribution in [0.3, 0.4) is 0 Å². The summed E-state index contributed by atoms with van der Waals surface area (Å²) in [6, 6.07) is 2.79. The molecule has 0 bridgehead atoms. The van der Waals surface area contributed by atoms with E-state index in [2.05, 4.69) is 9.72 Å². The van der Waals surface area contributed by atoms with E-state index in [-0.39, 0.29) is 16.4 Å². The van der Waals surface area contributed by atoms with Crippen molar-refractivity contribution >= 4 is 23.9 Å². The molecule has 1 heterocycles. The molecule has 5 heteroatoms. The van der Waals surface area contributed by atoms with Crippen LogP contribution >= 0.6 is 11.6 Å². The molecule has 0 spiro atoms. The summed E-state index contributed by atoms with van der Waals surface area (Å²) in [6.07, 6.45) is 0.566. The molecule has 0 atom stereocenters. The average Bonchev–Trinajstić information content (AvgIpc) is 2.16. The van der Waals surface area contributed by atoms with E-state index >= 15 is 0 Å². The fourth-order valence-electron chi connectivity index (χ4n) is 0.751. The van der Waals surface area contributed by atoms with E-state index in [9.17, 15) is 9.59 Å². The number of nitrogens with zero attached hydrogens (tertiary/aromatic N) is 1. The van der Waals surface area contributed by atoms with Crippen molar-refractivity contribution in [1.29, 1.82) is 0 Å². The van der Waals surface area contributed by atoms with Gasteiger partial charge in [-0.05, 0) is 12.1 Å². The third-order valence-corrected chi connectivity index (χ3v) is 1.70. The van der Waals surface area contributed by atoms with Crippen LogP contribution in [-0.2, 0) is 4.74 Å². The molecular weight excluding hydrogens is 194 g/mol. The molecule has 68 valence electrons. The maximum absolute atomic E-state index is 10.9. The van der Waals surface area contributed by atoms with Crippen molar-refractivity contribution in [3.8, 4) is 0 Å². The number of hydrogen-bond acceptors (Lipinski definition) is 4. The SMILES string of the molecule is COC(=O)c1ccc(C=O)c(Cl)n1. The van der Waals surface area contributed by atoms with Gasteiger partial charge in [-0.3, -0.25) is 4.79 Å². The maximum atomic E-state index is 10.9. The molecule has 0 saturated carbocycles. The number of rotatable bonds is 2. The molecule has 0 aromatic carbocycles. The number of aromatic nitrogens is 1. The second kappa shape index (κ2) is 4.00. The quantitative estimate of drug-likeness (QED) is 0.410. The van der Waals surface area contributed by atoms with Gasteiger partial charge >= 0.3 is 5.97 Å². The molecule has 0 aliphatic rings. The first-order valence-electron chi connectivity index (χ1n) is 3.39. The summed E-state index contributed by atoms with van der Waals surface area (Å²) >= 11 is 5.58. The van der Waals surface area contributed by atoms with Gasteiger partial charge in [-0.15, -0.1) is 0 Å². The van der Waals surface area contributed by atoms with Gasteiger partial charge in [0.1, 0.15) is 10.8 Å². The van der Waals surface area contributed by atoms with Gasteiger partial charge in [0.25, 0.3) is 0 Å². The molecule has 4 nitrogen and oxygen atoms in total. The van der Waals surface area contributed by atoms with Gasteiger partial charge in [-0.1, -0.05) is 11.6 Å². The molecule has 0 aliphatic carbocycles.